The van der Waals surface area contributed by atoms with Gasteiger partial charge < -0.3 is 56.8 Å². The number of hydrogen-bond donors (Lipinski definition) is 0. The van der Waals surface area contributed by atoms with Crippen molar-refractivity contribution in [2.24, 2.45) is 0 Å². The summed E-state index contributed by atoms with van der Waals surface area (Å²) in [6.45, 7) is 17.6. The Bertz CT molecular complexity index is 3680. The largest absolute Gasteiger partial charge is 0.494 e. The van der Waals surface area contributed by atoms with Gasteiger partial charge in [0.25, 0.3) is 0 Å². The first-order chi connectivity index (χ1) is 57.7. The van der Waals surface area contributed by atoms with Crippen LogP contribution in [0.3, 0.4) is 0 Å². The van der Waals surface area contributed by atoms with Crippen molar-refractivity contribution in [3.8, 4) is 46.0 Å². The highest BCUT2D eigenvalue weighted by Crippen LogP contribution is 2.32. The van der Waals surface area contributed by atoms with Gasteiger partial charge in [-0.1, -0.05) is 193 Å². The lowest BCUT2D eigenvalue weighted by Crippen LogP contribution is -2.11. The number of hydrogen-bond acceptors (Lipinski definition) is 20. The van der Waals surface area contributed by atoms with Gasteiger partial charge in [0.15, 0.2) is 0 Å². The Balaban J connectivity index is 0.992. The predicted molar refractivity (Wildman–Crippen MR) is 459 cm³/mol. The first kappa shape index (κ1) is 96.1. The van der Waals surface area contributed by atoms with Gasteiger partial charge in [0.2, 0.25) is 0 Å². The number of aryl methyl sites for hydroxylation is 2. The average molecular weight is 1620 g/mol. The van der Waals surface area contributed by atoms with E-state index >= 15 is 0 Å². The SMILES string of the molecule is C=CC(=O)OCCCCCCCCCOc1ccc(C(=O)Oc2ccc(OC(=O)c3ccc(OCCCCCCCCCOC(=O)C=C)cc3)c(CCCCCCCCCCc3cc(OC(=O)c4ccc(OCCCCCCCCCOC(=O)C=C)cc4)ccc3OC(=O)c3ccc(OCCCCCCCCCOC(=O)C=C)cc3)c2)cc1. The number of carbonyl (C=O) groups excluding carboxylic acids is 8. The average Bonchev–Trinajstić information content (AvgIpc) is 0.836. The Kier molecular flexibility index (Phi) is 49.4. The molecule has 0 atom stereocenters. The van der Waals surface area contributed by atoms with E-state index in [0.717, 1.165) is 242 Å². The molecule has 0 amide bonds. The molecule has 0 fully saturated rings. The van der Waals surface area contributed by atoms with Crippen molar-refractivity contribution < 1.29 is 95.2 Å². The summed E-state index contributed by atoms with van der Waals surface area (Å²) in [4.78, 5) is 99.6. The first-order valence-corrected chi connectivity index (χ1v) is 43.0. The van der Waals surface area contributed by atoms with Crippen LogP contribution < -0.4 is 37.9 Å². The van der Waals surface area contributed by atoms with E-state index in [2.05, 4.69) is 26.3 Å². The van der Waals surface area contributed by atoms with Crippen LogP contribution in [0.1, 0.15) is 284 Å². The molecule has 0 aromatic heterocycles. The topological polar surface area (TPSA) is 247 Å². The number of ether oxygens (including phenoxy) is 12. The summed E-state index contributed by atoms with van der Waals surface area (Å²) >= 11 is 0. The minimum atomic E-state index is -0.537. The van der Waals surface area contributed by atoms with Crippen LogP contribution in [-0.4, -0.2) is 101 Å². The normalized spacial score (nSPS) is 10.8. The van der Waals surface area contributed by atoms with E-state index in [-0.39, 0.29) is 23.9 Å². The lowest BCUT2D eigenvalue weighted by molar-refractivity contribution is -0.138. The highest BCUT2D eigenvalue weighted by molar-refractivity contribution is 5.94. The van der Waals surface area contributed by atoms with Crippen LogP contribution in [0.15, 0.2) is 184 Å². The maximum Gasteiger partial charge on any atom is 0.343 e. The Morgan fingerprint density at radius 1 is 0.212 bits per heavy atom. The molecule has 0 aliphatic rings. The zero-order chi connectivity index (χ0) is 84.1. The van der Waals surface area contributed by atoms with Crippen LogP contribution >= 0.6 is 0 Å². The lowest BCUT2D eigenvalue weighted by Gasteiger charge is -2.13. The maximum absolute atomic E-state index is 13.8. The molecule has 0 aliphatic heterocycles. The monoisotopic (exact) mass is 1620 g/mol. The van der Waals surface area contributed by atoms with Gasteiger partial charge in [-0.05, 0) is 222 Å². The molecule has 6 aromatic carbocycles. The van der Waals surface area contributed by atoms with Crippen LogP contribution in [0.2, 0.25) is 0 Å². The van der Waals surface area contributed by atoms with Crippen molar-refractivity contribution in [3.05, 3.63) is 217 Å². The van der Waals surface area contributed by atoms with E-state index in [1.165, 1.54) is 24.3 Å². The highest BCUT2D eigenvalue weighted by atomic mass is 16.6. The van der Waals surface area contributed by atoms with Gasteiger partial charge in [-0.3, -0.25) is 0 Å². The van der Waals surface area contributed by atoms with E-state index in [1.54, 1.807) is 133 Å². The summed E-state index contributed by atoms with van der Waals surface area (Å²) in [5.41, 5.74) is 2.89. The van der Waals surface area contributed by atoms with Gasteiger partial charge in [-0.25, -0.2) is 38.4 Å². The number of carbonyl (C=O) groups is 8. The second kappa shape index (κ2) is 60.7. The summed E-state index contributed by atoms with van der Waals surface area (Å²) < 4.78 is 68.2. The molecule has 0 saturated carbocycles. The molecule has 0 unspecified atom stereocenters. The molecular weight excluding hydrogens is 1500 g/mol. The molecular formula is C98H126O20. The summed E-state index contributed by atoms with van der Waals surface area (Å²) in [5.74, 6) is 0.324. The van der Waals surface area contributed by atoms with Crippen LogP contribution in [0.4, 0.5) is 0 Å². The van der Waals surface area contributed by atoms with E-state index in [4.69, 9.17) is 56.8 Å². The molecule has 6 rings (SSSR count). The zero-order valence-corrected chi connectivity index (χ0v) is 69.5. The summed E-state index contributed by atoms with van der Waals surface area (Å²) in [6.07, 6.45) is 41.3. The van der Waals surface area contributed by atoms with Crippen molar-refractivity contribution in [1.82, 2.24) is 0 Å². The maximum atomic E-state index is 13.8. The molecule has 638 valence electrons. The molecule has 0 spiro atoms. The molecule has 0 heterocycles. The highest BCUT2D eigenvalue weighted by Gasteiger charge is 2.19. The van der Waals surface area contributed by atoms with E-state index in [9.17, 15) is 38.4 Å². The van der Waals surface area contributed by atoms with Gasteiger partial charge in [0, 0.05) is 24.3 Å². The third kappa shape index (κ3) is 42.4. The quantitative estimate of drug-likeness (QED) is 0.0113. The summed E-state index contributed by atoms with van der Waals surface area (Å²) in [7, 11) is 0. The van der Waals surface area contributed by atoms with Gasteiger partial charge >= 0.3 is 47.8 Å². The Morgan fingerprint density at radius 3 is 0.619 bits per heavy atom. The van der Waals surface area contributed by atoms with Crippen molar-refractivity contribution in [1.29, 1.82) is 0 Å². The van der Waals surface area contributed by atoms with Crippen LogP contribution in [-0.2, 0) is 51.0 Å². The molecule has 0 aliphatic carbocycles. The van der Waals surface area contributed by atoms with Crippen LogP contribution in [0.25, 0.3) is 0 Å². The number of rotatable bonds is 67. The van der Waals surface area contributed by atoms with Crippen molar-refractivity contribution in [2.75, 3.05) is 52.9 Å². The van der Waals surface area contributed by atoms with Gasteiger partial charge in [-0.15, -0.1) is 0 Å². The molecule has 20 nitrogen and oxygen atoms in total. The summed E-state index contributed by atoms with van der Waals surface area (Å²) in [6, 6.07) is 37.8. The second-order valence-electron chi connectivity index (χ2n) is 29.3. The van der Waals surface area contributed by atoms with E-state index in [1.807, 2.05) is 0 Å². The molecule has 118 heavy (non-hydrogen) atoms. The molecule has 20 heteroatoms. The number of benzene rings is 6. The minimum absolute atomic E-state index is 0.319. The Labute approximate surface area is 699 Å². The van der Waals surface area contributed by atoms with Gasteiger partial charge in [-0.2, -0.15) is 0 Å². The number of unbranched alkanes of at least 4 members (excludes halogenated alkanes) is 31. The summed E-state index contributed by atoms with van der Waals surface area (Å²) in [5, 5.41) is 0. The standard InChI is InChI=1S/C98H126O20/c1-5-91(99)111-71-41-31-21-11-17-27-37-67-107-83-55-47-77(48-56-83)95(103)115-87-63-65-89(117-97(105)79-51-59-85(60-52-79)109-69-39-29-19-13-23-33-43-73-113-93(101)7-3)81(75-87)45-35-25-15-9-10-16-26-36-46-82-76-88(116-96(104)78-49-57-84(58-50-78)108-68-38-28-18-12-22-32-42-72-112-92(100)6-2)64-66-90(82)118-98(106)80-53-61-86(62-54-80)110-70-40-30-20-14-24-34-44-74-114-94(102)8-4/h5-8,47-66,75-76H,1-4,9-46,67-74H2. The fraction of sp³-hybridized carbons (Fsp3) is 0.469. The fourth-order valence-corrected chi connectivity index (χ4v) is 13.0. The zero-order valence-electron chi connectivity index (χ0n) is 69.5. The Morgan fingerprint density at radius 2 is 0.398 bits per heavy atom. The van der Waals surface area contributed by atoms with Crippen LogP contribution in [0, 0.1) is 0 Å². The van der Waals surface area contributed by atoms with Gasteiger partial charge in [0.05, 0.1) is 75.1 Å². The Hall–Kier alpha value is -10.8. The smallest absolute Gasteiger partial charge is 0.343 e. The molecule has 0 bridgehead atoms. The second-order valence-corrected chi connectivity index (χ2v) is 29.3. The molecule has 0 N–H and O–H groups in total. The molecule has 0 saturated heterocycles. The number of esters is 8. The minimum Gasteiger partial charge on any atom is -0.494 e. The van der Waals surface area contributed by atoms with Crippen molar-refractivity contribution in [3.63, 3.8) is 0 Å². The fourth-order valence-electron chi connectivity index (χ4n) is 13.0. The predicted octanol–water partition coefficient (Wildman–Crippen LogP) is 22.8. The third-order valence-electron chi connectivity index (χ3n) is 19.8. The van der Waals surface area contributed by atoms with Crippen molar-refractivity contribution >= 4 is 47.8 Å². The first-order valence-electron chi connectivity index (χ1n) is 43.0. The van der Waals surface area contributed by atoms with Crippen LogP contribution in [0.5, 0.6) is 46.0 Å². The third-order valence-corrected chi connectivity index (χ3v) is 19.8. The molecule has 6 aromatic rings. The molecule has 0 radical (unpaired) electrons. The van der Waals surface area contributed by atoms with E-state index < -0.39 is 23.9 Å². The van der Waals surface area contributed by atoms with Crippen molar-refractivity contribution in [2.45, 2.75) is 244 Å². The van der Waals surface area contributed by atoms with E-state index in [0.29, 0.717) is 134 Å². The lowest BCUT2D eigenvalue weighted by atomic mass is 10.0. The van der Waals surface area contributed by atoms with Gasteiger partial charge in [0.1, 0.15) is 46.0 Å².